The predicted molar refractivity (Wildman–Crippen MR) is 139 cm³/mol. The van der Waals surface area contributed by atoms with Gasteiger partial charge in [-0.3, -0.25) is 9.88 Å². The number of anilines is 2. The lowest BCUT2D eigenvalue weighted by Gasteiger charge is -2.28. The Bertz CT molecular complexity index is 1410. The maximum atomic E-state index is 13.7. The number of ether oxygens (including phenoxy) is 1. The van der Waals surface area contributed by atoms with Crippen molar-refractivity contribution in [3.8, 4) is 17.1 Å². The van der Waals surface area contributed by atoms with Gasteiger partial charge in [-0.15, -0.1) is 0 Å². The fraction of sp³-hybridized carbons (Fsp3) is 0.308. The lowest BCUT2D eigenvalue weighted by Crippen LogP contribution is -2.43. The van der Waals surface area contributed by atoms with E-state index in [0.717, 1.165) is 43.2 Å². The highest BCUT2D eigenvalue weighted by molar-refractivity contribution is 5.89. The van der Waals surface area contributed by atoms with Gasteiger partial charge in [0.25, 0.3) is 0 Å². The Morgan fingerprint density at radius 2 is 1.76 bits per heavy atom. The number of rotatable bonds is 4. The van der Waals surface area contributed by atoms with Gasteiger partial charge in [0.2, 0.25) is 0 Å². The number of urea groups is 1. The fourth-order valence-corrected chi connectivity index (χ4v) is 4.64. The molecule has 2 fully saturated rings. The van der Waals surface area contributed by atoms with E-state index in [4.69, 9.17) is 14.7 Å². The number of nitrogens with zero attached hydrogens (tertiary/aromatic N) is 6. The van der Waals surface area contributed by atoms with Crippen molar-refractivity contribution in [2.75, 3.05) is 62.7 Å². The van der Waals surface area contributed by atoms with Gasteiger partial charge in [-0.25, -0.2) is 24.1 Å². The first-order chi connectivity index (χ1) is 18.2. The third-order valence-corrected chi connectivity index (χ3v) is 6.57. The molecule has 2 amide bonds. The van der Waals surface area contributed by atoms with Crippen molar-refractivity contribution in [3.63, 3.8) is 0 Å². The molecule has 2 aliphatic rings. The van der Waals surface area contributed by atoms with E-state index in [9.17, 15) is 9.18 Å². The molecule has 6 rings (SSSR count). The van der Waals surface area contributed by atoms with Crippen LogP contribution >= 0.6 is 0 Å². The molecule has 3 aromatic heterocycles. The van der Waals surface area contributed by atoms with Gasteiger partial charge in [0.05, 0.1) is 18.9 Å². The van der Waals surface area contributed by atoms with E-state index in [1.54, 1.807) is 29.3 Å². The highest BCUT2D eigenvalue weighted by atomic mass is 19.1. The van der Waals surface area contributed by atoms with Crippen LogP contribution in [0.2, 0.25) is 0 Å². The van der Waals surface area contributed by atoms with Crippen LogP contribution in [-0.2, 0) is 4.74 Å². The molecule has 0 unspecified atom stereocenters. The van der Waals surface area contributed by atoms with Crippen molar-refractivity contribution in [2.45, 2.75) is 0 Å². The molecule has 0 spiro atoms. The molecule has 2 saturated heterocycles. The molecule has 0 saturated carbocycles. The molecule has 190 valence electrons. The van der Waals surface area contributed by atoms with E-state index >= 15 is 0 Å². The number of aromatic nitrogens is 4. The number of fused-ring (bicyclic) bond motifs is 1. The van der Waals surface area contributed by atoms with E-state index in [1.807, 2.05) is 22.8 Å². The lowest BCUT2D eigenvalue weighted by molar-refractivity contribution is 0.0564. The Morgan fingerprint density at radius 3 is 2.54 bits per heavy atom. The topological polar surface area (TPSA) is 100 Å². The Morgan fingerprint density at radius 1 is 0.973 bits per heavy atom. The number of nitrogens with one attached hydrogen (secondary N) is 2. The highest BCUT2D eigenvalue weighted by Crippen LogP contribution is 2.30. The quantitative estimate of drug-likeness (QED) is 0.443. The Kier molecular flexibility index (Phi) is 6.37. The van der Waals surface area contributed by atoms with E-state index in [0.29, 0.717) is 49.1 Å². The summed E-state index contributed by atoms with van der Waals surface area (Å²) in [5.74, 6) is 1.59. The van der Waals surface area contributed by atoms with Crippen molar-refractivity contribution < 1.29 is 13.9 Å². The van der Waals surface area contributed by atoms with Crippen LogP contribution in [0.15, 0.2) is 54.7 Å². The molecule has 5 heterocycles. The normalized spacial score (nSPS) is 16.2. The van der Waals surface area contributed by atoms with E-state index in [2.05, 4.69) is 20.5 Å². The third kappa shape index (κ3) is 4.83. The smallest absolute Gasteiger partial charge is 0.323 e. The zero-order chi connectivity index (χ0) is 25.2. The van der Waals surface area contributed by atoms with E-state index < -0.39 is 0 Å². The fourth-order valence-electron chi connectivity index (χ4n) is 4.64. The summed E-state index contributed by atoms with van der Waals surface area (Å²) in [6.45, 7) is 5.63. The van der Waals surface area contributed by atoms with Gasteiger partial charge in [0.15, 0.2) is 5.65 Å². The number of hydrogen-bond acceptors (Lipinski definition) is 7. The minimum Gasteiger partial charge on any atom is -0.378 e. The average molecular weight is 503 g/mol. The van der Waals surface area contributed by atoms with Crippen molar-refractivity contribution in [1.82, 2.24) is 29.7 Å². The summed E-state index contributed by atoms with van der Waals surface area (Å²) in [4.78, 5) is 30.9. The summed E-state index contributed by atoms with van der Waals surface area (Å²) >= 11 is 0. The molecular weight excluding hydrogens is 475 g/mol. The molecule has 2 N–H and O–H groups in total. The number of pyridine rings is 2. The second-order valence-electron chi connectivity index (χ2n) is 8.96. The maximum absolute atomic E-state index is 13.7. The van der Waals surface area contributed by atoms with Crippen LogP contribution in [0.1, 0.15) is 0 Å². The summed E-state index contributed by atoms with van der Waals surface area (Å²) in [6, 6.07) is 13.6. The summed E-state index contributed by atoms with van der Waals surface area (Å²) < 4.78 is 21.0. The average Bonchev–Trinajstić information content (AvgIpc) is 3.33. The van der Waals surface area contributed by atoms with Crippen molar-refractivity contribution in [3.05, 3.63) is 60.5 Å². The molecule has 0 atom stereocenters. The van der Waals surface area contributed by atoms with Crippen LogP contribution in [0.5, 0.6) is 0 Å². The first-order valence-electron chi connectivity index (χ1n) is 12.4. The number of carbonyl (C=O) groups excluding carboxylic acids is 1. The molecule has 1 aromatic carbocycles. The van der Waals surface area contributed by atoms with Gasteiger partial charge in [-0.2, -0.15) is 0 Å². The summed E-state index contributed by atoms with van der Waals surface area (Å²) in [7, 11) is 0. The number of halogens is 1. The lowest BCUT2D eigenvalue weighted by atomic mass is 10.2. The predicted octanol–water partition coefficient (Wildman–Crippen LogP) is 2.90. The first kappa shape index (κ1) is 23.3. The number of hydrogen-bond donors (Lipinski definition) is 2. The van der Waals surface area contributed by atoms with Crippen molar-refractivity contribution >= 4 is 28.8 Å². The molecular formula is C26H27FN8O2. The Hall–Kier alpha value is -4.09. The van der Waals surface area contributed by atoms with Crippen molar-refractivity contribution in [2.24, 2.45) is 0 Å². The number of imidazole rings is 1. The molecule has 4 aromatic rings. The molecule has 37 heavy (non-hydrogen) atoms. The minimum absolute atomic E-state index is 0.221. The van der Waals surface area contributed by atoms with E-state index in [-0.39, 0.29) is 11.8 Å². The molecule has 2 aliphatic heterocycles. The van der Waals surface area contributed by atoms with Gasteiger partial charge in [-0.05, 0) is 42.5 Å². The third-order valence-electron chi connectivity index (χ3n) is 6.57. The standard InChI is InChI=1S/C26H27FN8O2/c27-19-3-1-18(2-4-19)24-30-21-5-6-23(33-11-9-28-10-12-33)32-25(21)35(24)20-7-8-29-22(17-20)31-26(36)34-13-15-37-16-14-34/h1-8,17,28H,9-16H2,(H,29,31,36). The number of carbonyl (C=O) groups is 1. The largest absolute Gasteiger partial charge is 0.378 e. The van der Waals surface area contributed by atoms with Gasteiger partial charge in [0, 0.05) is 57.1 Å². The monoisotopic (exact) mass is 502 g/mol. The molecule has 0 radical (unpaired) electrons. The van der Waals surface area contributed by atoms with Gasteiger partial charge in [0.1, 0.15) is 28.8 Å². The SMILES string of the molecule is O=C(Nc1cc(-n2c(-c3ccc(F)cc3)nc3ccc(N4CCNCC4)nc32)ccn1)N1CCOCC1. The maximum Gasteiger partial charge on any atom is 0.323 e. The number of amides is 2. The minimum atomic E-state index is -0.317. The van der Waals surface area contributed by atoms with Gasteiger partial charge >= 0.3 is 6.03 Å². The van der Waals surface area contributed by atoms with Gasteiger partial charge < -0.3 is 19.9 Å². The van der Waals surface area contributed by atoms with Crippen LogP contribution < -0.4 is 15.5 Å². The second-order valence-corrected chi connectivity index (χ2v) is 8.96. The number of piperazine rings is 1. The second kappa shape index (κ2) is 10.1. The zero-order valence-electron chi connectivity index (χ0n) is 20.2. The Labute approximate surface area is 213 Å². The van der Waals surface area contributed by atoms with Crippen molar-refractivity contribution in [1.29, 1.82) is 0 Å². The first-order valence-corrected chi connectivity index (χ1v) is 12.4. The highest BCUT2D eigenvalue weighted by Gasteiger charge is 2.21. The zero-order valence-corrected chi connectivity index (χ0v) is 20.2. The summed E-state index contributed by atoms with van der Waals surface area (Å²) in [6.07, 6.45) is 1.64. The summed E-state index contributed by atoms with van der Waals surface area (Å²) in [5.41, 5.74) is 2.87. The molecule has 0 aliphatic carbocycles. The van der Waals surface area contributed by atoms with Crippen LogP contribution in [0, 0.1) is 5.82 Å². The van der Waals surface area contributed by atoms with Crippen LogP contribution in [0.25, 0.3) is 28.2 Å². The Balaban J connectivity index is 1.42. The molecule has 10 nitrogen and oxygen atoms in total. The molecule has 11 heteroatoms. The van der Waals surface area contributed by atoms with Crippen LogP contribution in [-0.4, -0.2) is 82.9 Å². The van der Waals surface area contributed by atoms with Gasteiger partial charge in [-0.1, -0.05) is 0 Å². The number of benzene rings is 1. The van der Waals surface area contributed by atoms with Crippen LogP contribution in [0.3, 0.4) is 0 Å². The van der Waals surface area contributed by atoms with E-state index in [1.165, 1.54) is 12.1 Å². The molecule has 0 bridgehead atoms. The number of morpholine rings is 1. The summed E-state index contributed by atoms with van der Waals surface area (Å²) in [5, 5.41) is 6.26. The van der Waals surface area contributed by atoms with Crippen LogP contribution in [0.4, 0.5) is 20.8 Å².